The van der Waals surface area contributed by atoms with E-state index >= 15 is 57.5 Å². The highest BCUT2D eigenvalue weighted by molar-refractivity contribution is 6.64. The van der Waals surface area contributed by atoms with Gasteiger partial charge in [-0.05, 0) is 419 Å². The molecule has 0 saturated carbocycles. The quantitative estimate of drug-likeness (QED) is 0.0175. The van der Waals surface area contributed by atoms with Crippen molar-refractivity contribution in [1.29, 1.82) is 0 Å². The van der Waals surface area contributed by atoms with E-state index in [0.29, 0.717) is 284 Å². The van der Waals surface area contributed by atoms with Gasteiger partial charge in [-0.25, -0.2) is 0 Å². The second kappa shape index (κ2) is 20.3. The second-order valence-electron chi connectivity index (χ2n) is 40.1. The van der Waals surface area contributed by atoms with Gasteiger partial charge in [0.2, 0.25) is 0 Å². The topological polar surface area (TPSA) is 316 Å². The van der Waals surface area contributed by atoms with Gasteiger partial charge in [0.1, 0.15) is 0 Å². The molecule has 24 nitrogen and oxygen atoms in total. The van der Waals surface area contributed by atoms with Crippen molar-refractivity contribution in [3.8, 4) is 22.3 Å². The van der Waals surface area contributed by atoms with E-state index in [2.05, 4.69) is 0 Å². The van der Waals surface area contributed by atoms with Crippen molar-refractivity contribution in [1.82, 2.24) is 0 Å². The van der Waals surface area contributed by atoms with E-state index in [9.17, 15) is 0 Å². The van der Waals surface area contributed by atoms with Gasteiger partial charge in [0, 0.05) is 0 Å². The molecule has 6 unspecified atom stereocenters. The van der Waals surface area contributed by atoms with Gasteiger partial charge in [0.25, 0.3) is 0 Å². The van der Waals surface area contributed by atoms with Gasteiger partial charge < -0.3 is 56.8 Å². The van der Waals surface area contributed by atoms with Crippen LogP contribution in [0.4, 0.5) is 0 Å². The lowest BCUT2D eigenvalue weighted by Gasteiger charge is -2.55. The van der Waals surface area contributed by atoms with Crippen LogP contribution in [-0.4, -0.2) is 151 Å². The number of esters is 12. The molecule has 24 heteroatoms. The summed E-state index contributed by atoms with van der Waals surface area (Å²) in [6.07, 6.45) is 0. The normalized spacial score (nSPS) is 23.0. The van der Waals surface area contributed by atoms with E-state index in [0.717, 1.165) is 0 Å². The van der Waals surface area contributed by atoms with Crippen LogP contribution < -0.4 is 15.7 Å². The van der Waals surface area contributed by atoms with E-state index in [4.69, 9.17) is 56.8 Å². The van der Waals surface area contributed by atoms with Gasteiger partial charge in [-0.3, -0.25) is 57.5 Å². The first-order chi connectivity index (χ1) is 63.5. The molecule has 0 bridgehead atoms. The minimum atomic E-state index is -2.76. The summed E-state index contributed by atoms with van der Waals surface area (Å²) in [4.78, 5) is 216. The molecule has 14 aromatic rings. The maximum atomic E-state index is 18.1. The molecule has 14 aromatic carbocycles. The van der Waals surface area contributed by atoms with Crippen LogP contribution in [0.2, 0.25) is 0 Å². The first kappa shape index (κ1) is 74.3. The van der Waals surface area contributed by atoms with Crippen molar-refractivity contribution in [3.05, 3.63) is 105 Å². The fourth-order valence-electron chi connectivity index (χ4n) is 34.9. The Labute approximate surface area is 745 Å². The first-order valence-corrected chi connectivity index (χ1v) is 46.8. The van der Waals surface area contributed by atoms with E-state index in [1.54, 1.807) is 125 Å². The first-order valence-electron chi connectivity index (χ1n) is 46.8. The average Bonchev–Trinajstić information content (AvgIpc) is 1.36. The molecule has 18 aliphatic carbocycles. The number of ether oxygens (including phenoxy) is 12. The Morgan fingerprint density at radius 3 is 0.765 bits per heavy atom. The van der Waals surface area contributed by atoms with Gasteiger partial charge >= 0.3 is 71.6 Å². The average molecular weight is 1760 g/mol. The summed E-state index contributed by atoms with van der Waals surface area (Å²) in [6.45, 7) is 26.2. The molecule has 0 saturated heterocycles. The van der Waals surface area contributed by atoms with Crippen LogP contribution in [0.15, 0.2) is 0 Å². The van der Waals surface area contributed by atoms with Crippen LogP contribution in [0.5, 0.6) is 0 Å². The largest absolute Gasteiger partial charge is 0.465 e. The SMILES string of the molecule is CCOC(=O)C(C)(C(=O)OCC)C12C3=C4c5c6c7c8c5c1c1c5c2c2c9c%10c5c5c%11c%12c%13c%14c%15c%16c%17c%18c%19c%20c%21c(c-6c6c%21c%21c%22c(c3c-2c2c%22c(c3c(c(c%15c%183)=C%10C%145C(C)(C(=O)OCC)C(=O)OCC)C92C(C)(C(=O)OCC)C(=O)OCC)c%19%21)C46C(C)(C(=O)OCC)C(=O)OCC)=C2C(=c(c(c%12c8c1%11)C27C(C)(C(=O)OCC)C(=O)OCC)c%16%13)C%17%20C(C)(C(=O)OCC)C(=O)OCC. The summed E-state index contributed by atoms with van der Waals surface area (Å²) in [7, 11) is 0. The van der Waals surface area contributed by atoms with Crippen molar-refractivity contribution in [2.75, 3.05) is 79.3 Å². The minimum Gasteiger partial charge on any atom is -0.465 e. The molecule has 0 spiro atoms. The summed E-state index contributed by atoms with van der Waals surface area (Å²) in [5.74, 6) is -12.2. The van der Waals surface area contributed by atoms with E-state index in [1.165, 1.54) is 0 Å². The summed E-state index contributed by atoms with van der Waals surface area (Å²) < 4.78 is 81.3. The lowest BCUT2D eigenvalue weighted by molar-refractivity contribution is -0.175. The van der Waals surface area contributed by atoms with Crippen molar-refractivity contribution in [2.24, 2.45) is 32.5 Å². The molecular formula is C108H78O24. The van der Waals surface area contributed by atoms with Gasteiger partial charge in [-0.1, -0.05) is 0 Å². The van der Waals surface area contributed by atoms with E-state index < -0.39 is 137 Å². The Kier molecular flexibility index (Phi) is 11.4. The molecular weight excluding hydrogens is 1680 g/mol. The predicted octanol–water partition coefficient (Wildman–Crippen LogP) is 13.0. The third-order valence-electron chi connectivity index (χ3n) is 37.5. The monoisotopic (exact) mass is 1760 g/mol. The Hall–Kier alpha value is -13.4. The Bertz CT molecular complexity index is 9100. The minimum absolute atomic E-state index is 0.260. The number of hydrogen-bond acceptors (Lipinski definition) is 24. The maximum Gasteiger partial charge on any atom is 0.324 e. The molecule has 0 aromatic heterocycles. The highest BCUT2D eigenvalue weighted by atomic mass is 16.6. The highest BCUT2D eigenvalue weighted by Gasteiger charge is 2.89. The molecule has 6 atom stereocenters. The molecule has 0 N–H and O–H groups in total. The zero-order valence-electron chi connectivity index (χ0n) is 75.3. The number of hydrogen-bond donors (Lipinski definition) is 0. The van der Waals surface area contributed by atoms with Crippen LogP contribution in [0.3, 0.4) is 0 Å². The number of rotatable bonds is 30. The Morgan fingerprint density at radius 1 is 0.159 bits per heavy atom. The fourth-order valence-corrected chi connectivity index (χ4v) is 34.9. The predicted molar refractivity (Wildman–Crippen MR) is 479 cm³/mol. The van der Waals surface area contributed by atoms with Gasteiger partial charge in [-0.15, -0.1) is 0 Å². The van der Waals surface area contributed by atoms with Crippen molar-refractivity contribution < 1.29 is 114 Å². The molecule has 0 aliphatic heterocycles. The second-order valence-corrected chi connectivity index (χ2v) is 40.1. The van der Waals surface area contributed by atoms with Gasteiger partial charge in [0.05, 0.1) is 112 Å². The van der Waals surface area contributed by atoms with Crippen molar-refractivity contribution in [2.45, 2.75) is 157 Å². The molecule has 0 heterocycles. The molecule has 32 rings (SSSR count). The Balaban J connectivity index is 1.05. The zero-order valence-corrected chi connectivity index (χ0v) is 75.3. The number of carbonyl (C=O) groups is 12. The lowest BCUT2D eigenvalue weighted by atomic mass is 9.44. The molecule has 654 valence electrons. The number of benzene rings is 8. The Morgan fingerprint density at radius 2 is 0.356 bits per heavy atom. The molecule has 0 fully saturated rings. The van der Waals surface area contributed by atoms with Crippen molar-refractivity contribution >= 4 is 240 Å². The van der Waals surface area contributed by atoms with Crippen LogP contribution in [0.25, 0.3) is 190 Å². The van der Waals surface area contributed by atoms with Crippen LogP contribution in [0, 0.1) is 32.5 Å². The summed E-state index contributed by atoms with van der Waals surface area (Å²) in [5, 5.41) is 14.5. The highest BCUT2D eigenvalue weighted by Crippen LogP contribution is 2.94. The standard InChI is InChI=1S/C108H78O24/c1-19-121-85(109)97(13,86(110)122-20-2)103-67-43-38-41-34-35-42(38)76-63-39(43)52-51(67)37-36-40-32-31-33-47-45(32)74-61-65-78-55(60(68(41)103)64-79(103)62(37)75(40)104(74,80(64)65)98(14,87(111)123-21-3)88(112)124-22-4)50(34)71-54-49(35)73-57-56-58-53(70-44(31)46(36)69(52)105(70,99(15,89(113)125-23-5)90(114)126-24-6)83(63)81(58)106(73,76)100(16,91(115)127-25-7)92(116)128-26-8)48(33)72(56)107(101(17,93(117)129-27-9)94(118)130-28-10)77(47)66(61)84(82(107)59(54)57)108(71,78)102(18,95(119)131-29-11)96(120)132-30-12/h19-30H2,1-18H3. The van der Waals surface area contributed by atoms with Gasteiger partial charge in [0.15, 0.2) is 32.5 Å². The van der Waals surface area contributed by atoms with E-state index in [-0.39, 0.29) is 90.4 Å². The third-order valence-corrected chi connectivity index (χ3v) is 37.5. The molecule has 132 heavy (non-hydrogen) atoms. The molecule has 0 amide bonds. The summed E-state index contributed by atoms with van der Waals surface area (Å²) in [6, 6.07) is 0. The maximum absolute atomic E-state index is 18.1. The third kappa shape index (κ3) is 5.26. The van der Waals surface area contributed by atoms with Crippen LogP contribution >= 0.6 is 0 Å². The smallest absolute Gasteiger partial charge is 0.324 e. The number of carbonyl (C=O) groups excluding carboxylic acids is 12. The summed E-state index contributed by atoms with van der Waals surface area (Å²) in [5.41, 5.74) is -20.7. The molecule has 18 aliphatic rings. The number of allylic oxidation sites excluding steroid dienone is 2. The zero-order chi connectivity index (χ0) is 91.1. The van der Waals surface area contributed by atoms with Gasteiger partial charge in [-0.2, -0.15) is 0 Å². The fraction of sp³-hybridized carbons (Fsp3) is 0.389. The van der Waals surface area contributed by atoms with E-state index in [1.807, 2.05) is 0 Å². The van der Waals surface area contributed by atoms with Crippen LogP contribution in [-0.2, 0) is 147 Å². The summed E-state index contributed by atoms with van der Waals surface area (Å²) >= 11 is 0. The van der Waals surface area contributed by atoms with Crippen molar-refractivity contribution in [3.63, 3.8) is 0 Å². The molecule has 0 radical (unpaired) electrons. The lowest BCUT2D eigenvalue weighted by Crippen LogP contribution is -2.62. The van der Waals surface area contributed by atoms with Crippen LogP contribution in [0.1, 0.15) is 214 Å².